The van der Waals surface area contributed by atoms with Crippen LogP contribution in [0.2, 0.25) is 0 Å². The Hall–Kier alpha value is -1.32. The van der Waals surface area contributed by atoms with E-state index in [-0.39, 0.29) is 5.56 Å². The Kier molecular flexibility index (Phi) is 4.84. The largest absolute Gasteiger partial charge is 0.287 e. The number of hydrogen-bond donors (Lipinski definition) is 0. The summed E-state index contributed by atoms with van der Waals surface area (Å²) in [5.41, 5.74) is 1.07. The Balaban J connectivity index is 2.63. The monoisotopic (exact) mass is 307 g/mol. The van der Waals surface area contributed by atoms with Gasteiger partial charge >= 0.3 is 0 Å². The lowest BCUT2D eigenvalue weighted by Crippen LogP contribution is -2.23. The van der Waals surface area contributed by atoms with Gasteiger partial charge in [-0.3, -0.25) is 9.36 Å². The van der Waals surface area contributed by atoms with E-state index >= 15 is 0 Å². The molecule has 0 fully saturated rings. The first-order valence-corrected chi connectivity index (χ1v) is 8.40. The van der Waals surface area contributed by atoms with E-state index in [2.05, 4.69) is 18.0 Å². The summed E-state index contributed by atoms with van der Waals surface area (Å²) in [5.74, 6) is 0.313. The molecule has 0 N–H and O–H groups in total. The van der Waals surface area contributed by atoms with Crippen LogP contribution in [0.15, 0.2) is 9.95 Å². The fourth-order valence-corrected chi connectivity index (χ4v) is 3.79. The summed E-state index contributed by atoms with van der Waals surface area (Å²) in [7, 11) is 0. The van der Waals surface area contributed by atoms with Crippen molar-refractivity contribution in [1.29, 1.82) is 5.26 Å². The quantitative estimate of drug-likeness (QED) is 0.626. The summed E-state index contributed by atoms with van der Waals surface area (Å²) in [6, 6.07) is 2.09. The topological polar surface area (TPSA) is 58.7 Å². The molecule has 6 heteroatoms. The van der Waals surface area contributed by atoms with Gasteiger partial charge in [-0.15, -0.1) is 11.3 Å². The zero-order valence-corrected chi connectivity index (χ0v) is 13.5. The van der Waals surface area contributed by atoms with Crippen LogP contribution in [-0.2, 0) is 6.54 Å². The van der Waals surface area contributed by atoms with Crippen LogP contribution in [0.5, 0.6) is 0 Å². The molecule has 2 aromatic heterocycles. The molecule has 0 bridgehead atoms. The van der Waals surface area contributed by atoms with Crippen LogP contribution in [0, 0.1) is 25.2 Å². The van der Waals surface area contributed by atoms with Crippen LogP contribution in [0.25, 0.3) is 10.2 Å². The second-order valence-corrected chi connectivity index (χ2v) is 6.76. The van der Waals surface area contributed by atoms with Crippen molar-refractivity contribution in [3.63, 3.8) is 0 Å². The van der Waals surface area contributed by atoms with Gasteiger partial charge in [0, 0.05) is 11.4 Å². The zero-order valence-electron chi connectivity index (χ0n) is 11.9. The second kappa shape index (κ2) is 6.42. The van der Waals surface area contributed by atoms with Crippen molar-refractivity contribution in [2.75, 3.05) is 5.75 Å². The summed E-state index contributed by atoms with van der Waals surface area (Å²) >= 11 is 2.89. The lowest BCUT2D eigenvalue weighted by molar-refractivity contribution is 0.558. The predicted molar refractivity (Wildman–Crippen MR) is 84.6 cm³/mol. The highest BCUT2D eigenvalue weighted by Gasteiger charge is 2.16. The Morgan fingerprint density at radius 3 is 2.85 bits per heavy atom. The third kappa shape index (κ3) is 2.74. The van der Waals surface area contributed by atoms with Crippen molar-refractivity contribution in [2.45, 2.75) is 45.3 Å². The number of thiophene rings is 1. The third-order valence-electron chi connectivity index (χ3n) is 3.25. The molecule has 0 aliphatic rings. The Morgan fingerprint density at radius 2 is 2.20 bits per heavy atom. The lowest BCUT2D eigenvalue weighted by atomic mass is 10.2. The number of unbranched alkanes of at least 4 members (excludes halogenated alkanes) is 1. The summed E-state index contributed by atoms with van der Waals surface area (Å²) in [6.45, 7) is 6.75. The molecule has 4 nitrogen and oxygen atoms in total. The van der Waals surface area contributed by atoms with E-state index < -0.39 is 0 Å². The molecule has 0 spiro atoms. The summed E-state index contributed by atoms with van der Waals surface area (Å²) in [4.78, 5) is 19.2. The molecular formula is C14H17N3OS2. The average molecular weight is 307 g/mol. The number of nitriles is 1. The number of hydrogen-bond acceptors (Lipinski definition) is 5. The summed E-state index contributed by atoms with van der Waals surface area (Å²) in [5, 5.41) is 10.1. The van der Waals surface area contributed by atoms with Crippen LogP contribution in [0.1, 0.15) is 30.2 Å². The van der Waals surface area contributed by atoms with Gasteiger partial charge in [-0.25, -0.2) is 4.98 Å². The minimum absolute atomic E-state index is 0.0331. The van der Waals surface area contributed by atoms with E-state index in [4.69, 9.17) is 5.26 Å². The minimum atomic E-state index is 0.0331. The van der Waals surface area contributed by atoms with Crippen LogP contribution >= 0.6 is 23.1 Å². The normalized spacial score (nSPS) is 10.9. The molecule has 106 valence electrons. The Labute approximate surface area is 126 Å². The first-order valence-electron chi connectivity index (χ1n) is 6.60. The number of rotatable bonds is 5. The van der Waals surface area contributed by atoms with Crippen molar-refractivity contribution in [1.82, 2.24) is 9.55 Å². The van der Waals surface area contributed by atoms with Gasteiger partial charge in [0.15, 0.2) is 5.16 Å². The molecule has 2 aromatic rings. The molecule has 0 aliphatic carbocycles. The van der Waals surface area contributed by atoms with Gasteiger partial charge in [0.25, 0.3) is 5.56 Å². The number of aryl methyl sites for hydroxylation is 2. The summed E-state index contributed by atoms with van der Waals surface area (Å²) in [6.07, 6.45) is 1.96. The van der Waals surface area contributed by atoms with Gasteiger partial charge < -0.3 is 0 Å². The SMILES string of the molecule is CCCCn1c(SCC#N)nc2sc(C)c(C)c2c1=O. The number of fused-ring (bicyclic) bond motifs is 1. The van der Waals surface area contributed by atoms with Crippen molar-refractivity contribution in [3.05, 3.63) is 20.8 Å². The van der Waals surface area contributed by atoms with E-state index in [0.29, 0.717) is 17.5 Å². The van der Waals surface area contributed by atoms with Crippen LogP contribution < -0.4 is 5.56 Å². The first-order chi connectivity index (χ1) is 9.60. The molecular weight excluding hydrogens is 290 g/mol. The smallest absolute Gasteiger partial charge is 0.263 e. The van der Waals surface area contributed by atoms with Gasteiger partial charge in [0.05, 0.1) is 17.2 Å². The molecule has 2 rings (SSSR count). The number of thioether (sulfide) groups is 1. The predicted octanol–water partition coefficient (Wildman–Crippen LogP) is 3.49. The van der Waals surface area contributed by atoms with Crippen LogP contribution in [0.3, 0.4) is 0 Å². The van der Waals surface area contributed by atoms with Crippen LogP contribution in [0.4, 0.5) is 0 Å². The Bertz CT molecular complexity index is 725. The van der Waals surface area contributed by atoms with Gasteiger partial charge in [-0.05, 0) is 25.8 Å². The fraction of sp³-hybridized carbons (Fsp3) is 0.500. The molecule has 0 unspecified atom stereocenters. The fourth-order valence-electron chi connectivity index (χ4n) is 2.03. The van der Waals surface area contributed by atoms with E-state index in [1.54, 1.807) is 15.9 Å². The molecule has 0 saturated carbocycles. The van der Waals surface area contributed by atoms with Gasteiger partial charge in [0.2, 0.25) is 0 Å². The lowest BCUT2D eigenvalue weighted by Gasteiger charge is -2.10. The molecule has 0 radical (unpaired) electrons. The summed E-state index contributed by atoms with van der Waals surface area (Å²) < 4.78 is 1.73. The van der Waals surface area contributed by atoms with Gasteiger partial charge in [0.1, 0.15) is 4.83 Å². The van der Waals surface area contributed by atoms with Gasteiger partial charge in [-0.1, -0.05) is 25.1 Å². The Morgan fingerprint density at radius 1 is 1.45 bits per heavy atom. The maximum atomic E-state index is 12.7. The van der Waals surface area contributed by atoms with E-state index in [1.165, 1.54) is 11.8 Å². The highest BCUT2D eigenvalue weighted by atomic mass is 32.2. The maximum absolute atomic E-state index is 12.7. The van der Waals surface area contributed by atoms with E-state index in [0.717, 1.165) is 33.5 Å². The standard InChI is InChI=1S/C14H17N3OS2/c1-4-5-7-17-13(18)11-9(2)10(3)20-12(11)16-14(17)19-8-6-15/h4-5,7-8H2,1-3H3. The van der Waals surface area contributed by atoms with Gasteiger partial charge in [-0.2, -0.15) is 5.26 Å². The highest BCUT2D eigenvalue weighted by molar-refractivity contribution is 7.99. The minimum Gasteiger partial charge on any atom is -0.287 e. The number of nitrogens with zero attached hydrogens (tertiary/aromatic N) is 3. The van der Waals surface area contributed by atoms with Crippen LogP contribution in [-0.4, -0.2) is 15.3 Å². The molecule has 0 amide bonds. The molecule has 0 atom stereocenters. The molecule has 0 saturated heterocycles. The van der Waals surface area contributed by atoms with E-state index in [9.17, 15) is 4.79 Å². The van der Waals surface area contributed by atoms with Crippen molar-refractivity contribution in [3.8, 4) is 6.07 Å². The molecule has 20 heavy (non-hydrogen) atoms. The number of aromatic nitrogens is 2. The highest BCUT2D eigenvalue weighted by Crippen LogP contribution is 2.28. The zero-order chi connectivity index (χ0) is 14.7. The average Bonchev–Trinajstić information content (AvgIpc) is 2.71. The van der Waals surface area contributed by atoms with E-state index in [1.807, 2.05) is 13.8 Å². The molecule has 2 heterocycles. The van der Waals surface area contributed by atoms with Crippen molar-refractivity contribution < 1.29 is 0 Å². The molecule has 0 aliphatic heterocycles. The second-order valence-electron chi connectivity index (χ2n) is 4.61. The van der Waals surface area contributed by atoms with Crippen molar-refractivity contribution in [2.24, 2.45) is 0 Å². The maximum Gasteiger partial charge on any atom is 0.263 e. The van der Waals surface area contributed by atoms with Crippen molar-refractivity contribution >= 4 is 33.3 Å². The molecule has 0 aromatic carbocycles. The third-order valence-corrected chi connectivity index (χ3v) is 5.20. The first kappa shape index (κ1) is 15.1.